The average molecular weight is 363 g/mol. The van der Waals surface area contributed by atoms with Gasteiger partial charge in [-0.3, -0.25) is 19.9 Å². The van der Waals surface area contributed by atoms with Crippen LogP contribution in [0.1, 0.15) is 31.8 Å². The zero-order valence-corrected chi connectivity index (χ0v) is 15.0. The summed E-state index contributed by atoms with van der Waals surface area (Å²) in [5.41, 5.74) is 3.85. The molecule has 0 saturated heterocycles. The molecule has 2 aromatic carbocycles. The van der Waals surface area contributed by atoms with E-state index in [-0.39, 0.29) is 11.8 Å². The summed E-state index contributed by atoms with van der Waals surface area (Å²) in [7, 11) is 0. The molecule has 0 fully saturated rings. The Kier molecular flexibility index (Phi) is 4.12. The van der Waals surface area contributed by atoms with Gasteiger partial charge >= 0.3 is 0 Å². The zero-order chi connectivity index (χ0) is 18.3. The van der Waals surface area contributed by atoms with Gasteiger partial charge in [-0.05, 0) is 42.5 Å². The number of amides is 2. The largest absolute Gasteiger partial charge is 0.361 e. The first kappa shape index (κ1) is 16.6. The maximum Gasteiger partial charge on any atom is 0.261 e. The molecule has 0 spiro atoms. The number of imide groups is 1. The number of nitrogens with zero attached hydrogens (tertiary/aromatic N) is 1. The SMILES string of the molecule is CSC(=N)c1ccc2[nH]cc(CCN3C(=O)c4ccccc4C3=O)c2c1. The lowest BCUT2D eigenvalue weighted by Gasteiger charge is -2.13. The van der Waals surface area contributed by atoms with E-state index in [2.05, 4.69) is 4.98 Å². The molecule has 130 valence electrons. The fourth-order valence-electron chi connectivity index (χ4n) is 3.32. The highest BCUT2D eigenvalue weighted by molar-refractivity contribution is 8.13. The average Bonchev–Trinajstić information content (AvgIpc) is 3.19. The van der Waals surface area contributed by atoms with Crippen LogP contribution in [-0.2, 0) is 6.42 Å². The molecule has 0 radical (unpaired) electrons. The smallest absolute Gasteiger partial charge is 0.261 e. The lowest BCUT2D eigenvalue weighted by Crippen LogP contribution is -2.31. The van der Waals surface area contributed by atoms with Gasteiger partial charge in [0.1, 0.15) is 0 Å². The van der Waals surface area contributed by atoms with Crippen LogP contribution in [0.5, 0.6) is 0 Å². The summed E-state index contributed by atoms with van der Waals surface area (Å²) in [6, 6.07) is 12.8. The molecule has 0 aliphatic carbocycles. The zero-order valence-electron chi connectivity index (χ0n) is 14.2. The fraction of sp³-hybridized carbons (Fsp3) is 0.150. The Labute approximate surface area is 154 Å². The lowest BCUT2D eigenvalue weighted by atomic mass is 10.1. The maximum absolute atomic E-state index is 12.5. The van der Waals surface area contributed by atoms with Crippen molar-refractivity contribution in [2.45, 2.75) is 6.42 Å². The number of aromatic amines is 1. The Hall–Kier alpha value is -2.86. The second-order valence-electron chi connectivity index (χ2n) is 6.17. The molecule has 0 atom stereocenters. The van der Waals surface area contributed by atoms with Gasteiger partial charge < -0.3 is 4.98 Å². The first-order chi connectivity index (χ1) is 12.6. The quantitative estimate of drug-likeness (QED) is 0.422. The highest BCUT2D eigenvalue weighted by Crippen LogP contribution is 2.25. The summed E-state index contributed by atoms with van der Waals surface area (Å²) in [5, 5.41) is 9.54. The fourth-order valence-corrected chi connectivity index (χ4v) is 3.68. The molecule has 1 aliphatic rings. The normalized spacial score (nSPS) is 13.5. The monoisotopic (exact) mass is 363 g/mol. The third-order valence-electron chi connectivity index (χ3n) is 4.72. The van der Waals surface area contributed by atoms with Gasteiger partial charge in [0.2, 0.25) is 0 Å². The van der Waals surface area contributed by atoms with E-state index in [0.29, 0.717) is 29.1 Å². The number of H-pyrrole nitrogens is 1. The van der Waals surface area contributed by atoms with Crippen molar-refractivity contribution in [3.05, 3.63) is 70.9 Å². The van der Waals surface area contributed by atoms with Crippen LogP contribution in [0.4, 0.5) is 0 Å². The van der Waals surface area contributed by atoms with E-state index in [1.165, 1.54) is 16.7 Å². The van der Waals surface area contributed by atoms with E-state index >= 15 is 0 Å². The van der Waals surface area contributed by atoms with E-state index < -0.39 is 0 Å². The minimum Gasteiger partial charge on any atom is -0.361 e. The van der Waals surface area contributed by atoms with Crippen molar-refractivity contribution in [1.29, 1.82) is 5.41 Å². The number of benzene rings is 2. The highest BCUT2D eigenvalue weighted by atomic mass is 32.2. The van der Waals surface area contributed by atoms with E-state index in [0.717, 1.165) is 22.0 Å². The number of carbonyl (C=O) groups excluding carboxylic acids is 2. The standard InChI is InChI=1S/C20H17N3O2S/c1-26-18(21)12-6-7-17-16(10-12)13(11-22-17)8-9-23-19(24)14-4-2-3-5-15(14)20(23)25/h2-7,10-11,21-22H,8-9H2,1H3. The van der Waals surface area contributed by atoms with E-state index in [1.807, 2.05) is 30.7 Å². The minimum atomic E-state index is -0.227. The number of hydrogen-bond donors (Lipinski definition) is 2. The van der Waals surface area contributed by atoms with E-state index in [9.17, 15) is 9.59 Å². The van der Waals surface area contributed by atoms with Crippen molar-refractivity contribution in [1.82, 2.24) is 9.88 Å². The van der Waals surface area contributed by atoms with Gasteiger partial charge in [0.15, 0.2) is 0 Å². The van der Waals surface area contributed by atoms with Crippen molar-refractivity contribution < 1.29 is 9.59 Å². The van der Waals surface area contributed by atoms with E-state index in [1.54, 1.807) is 24.3 Å². The summed E-state index contributed by atoms with van der Waals surface area (Å²) < 4.78 is 0. The molecule has 1 aromatic heterocycles. The molecule has 2 heterocycles. The molecule has 2 N–H and O–H groups in total. The third kappa shape index (κ3) is 2.63. The Morgan fingerprint density at radius 1 is 1.12 bits per heavy atom. The first-order valence-corrected chi connectivity index (χ1v) is 9.51. The molecule has 2 amide bonds. The van der Waals surface area contributed by atoms with Crippen LogP contribution in [0.2, 0.25) is 0 Å². The molecule has 1 aliphatic heterocycles. The molecular weight excluding hydrogens is 346 g/mol. The van der Waals surface area contributed by atoms with Crippen LogP contribution < -0.4 is 0 Å². The molecule has 5 nitrogen and oxygen atoms in total. The lowest BCUT2D eigenvalue weighted by molar-refractivity contribution is 0.0656. The number of hydrogen-bond acceptors (Lipinski definition) is 4. The van der Waals surface area contributed by atoms with Crippen LogP contribution in [0.3, 0.4) is 0 Å². The molecule has 4 rings (SSSR count). The Balaban J connectivity index is 1.58. The van der Waals surface area contributed by atoms with Gasteiger partial charge in [0, 0.05) is 29.2 Å². The summed E-state index contributed by atoms with van der Waals surface area (Å²) in [5.74, 6) is -0.453. The number of rotatable bonds is 4. The molecule has 0 saturated carbocycles. The van der Waals surface area contributed by atoms with Crippen molar-refractivity contribution in [2.75, 3.05) is 12.8 Å². The van der Waals surface area contributed by atoms with E-state index in [4.69, 9.17) is 5.41 Å². The van der Waals surface area contributed by atoms with Crippen LogP contribution in [0.25, 0.3) is 10.9 Å². The number of nitrogens with one attached hydrogen (secondary N) is 2. The second-order valence-corrected chi connectivity index (χ2v) is 6.98. The molecule has 6 heteroatoms. The predicted octanol–water partition coefficient (Wildman–Crippen LogP) is 3.69. The summed E-state index contributed by atoms with van der Waals surface area (Å²) in [6.07, 6.45) is 4.36. The summed E-state index contributed by atoms with van der Waals surface area (Å²) in [4.78, 5) is 29.5. The van der Waals surface area contributed by atoms with Crippen LogP contribution >= 0.6 is 11.8 Å². The van der Waals surface area contributed by atoms with Crippen LogP contribution in [-0.4, -0.2) is 39.5 Å². The summed E-state index contributed by atoms with van der Waals surface area (Å²) in [6.45, 7) is 0.337. The van der Waals surface area contributed by atoms with Crippen molar-refractivity contribution >= 4 is 39.5 Å². The molecule has 0 bridgehead atoms. The maximum atomic E-state index is 12.5. The number of fused-ring (bicyclic) bond motifs is 2. The Morgan fingerprint density at radius 3 is 2.46 bits per heavy atom. The Bertz CT molecular complexity index is 1020. The second kappa shape index (κ2) is 6.46. The van der Waals surface area contributed by atoms with Crippen molar-refractivity contribution in [3.8, 4) is 0 Å². The number of aromatic nitrogens is 1. The highest BCUT2D eigenvalue weighted by Gasteiger charge is 2.34. The third-order valence-corrected chi connectivity index (χ3v) is 5.36. The number of carbonyl (C=O) groups is 2. The minimum absolute atomic E-state index is 0.227. The van der Waals surface area contributed by atoms with Gasteiger partial charge in [0.05, 0.1) is 16.2 Å². The van der Waals surface area contributed by atoms with Gasteiger partial charge in [-0.2, -0.15) is 0 Å². The first-order valence-electron chi connectivity index (χ1n) is 8.28. The Morgan fingerprint density at radius 2 is 1.81 bits per heavy atom. The molecule has 26 heavy (non-hydrogen) atoms. The number of thioether (sulfide) groups is 1. The van der Waals surface area contributed by atoms with Gasteiger partial charge in [-0.25, -0.2) is 0 Å². The van der Waals surface area contributed by atoms with Gasteiger partial charge in [0.25, 0.3) is 11.8 Å². The summed E-state index contributed by atoms with van der Waals surface area (Å²) >= 11 is 1.40. The van der Waals surface area contributed by atoms with Crippen LogP contribution in [0.15, 0.2) is 48.7 Å². The van der Waals surface area contributed by atoms with Gasteiger partial charge in [-0.1, -0.05) is 18.2 Å². The predicted molar refractivity (Wildman–Crippen MR) is 104 cm³/mol. The van der Waals surface area contributed by atoms with Crippen molar-refractivity contribution in [2.24, 2.45) is 0 Å². The van der Waals surface area contributed by atoms with Gasteiger partial charge in [-0.15, -0.1) is 11.8 Å². The molecule has 3 aromatic rings. The van der Waals surface area contributed by atoms with Crippen molar-refractivity contribution in [3.63, 3.8) is 0 Å². The van der Waals surface area contributed by atoms with Crippen LogP contribution in [0, 0.1) is 5.41 Å². The molecular formula is C20H17N3O2S. The molecule has 0 unspecified atom stereocenters. The topological polar surface area (TPSA) is 77.0 Å².